The Morgan fingerprint density at radius 3 is 3.15 bits per heavy atom. The minimum absolute atomic E-state index is 0.101. The fraction of sp³-hybridized carbons (Fsp3) is 0.600. The SMILES string of the molecule is Cc1ncsc1CN1CCOC2(CCCCC2NC(=O)Cc2cccs2)C1. The monoisotopic (exact) mass is 405 g/mol. The Hall–Kier alpha value is -1.28. The van der Waals surface area contributed by atoms with Crippen molar-refractivity contribution in [2.24, 2.45) is 0 Å². The van der Waals surface area contributed by atoms with E-state index in [0.717, 1.165) is 56.1 Å². The summed E-state index contributed by atoms with van der Waals surface area (Å²) in [7, 11) is 0. The minimum atomic E-state index is -0.250. The summed E-state index contributed by atoms with van der Waals surface area (Å²) in [6, 6.07) is 4.12. The summed E-state index contributed by atoms with van der Waals surface area (Å²) < 4.78 is 6.37. The molecule has 5 nitrogen and oxygen atoms in total. The highest BCUT2D eigenvalue weighted by Gasteiger charge is 2.45. The number of thiazole rings is 1. The number of aromatic nitrogens is 1. The second-order valence-corrected chi connectivity index (χ2v) is 9.58. The molecule has 0 radical (unpaired) electrons. The Balaban J connectivity index is 1.43. The number of carbonyl (C=O) groups excluding carboxylic acids is 1. The number of amides is 1. The lowest BCUT2D eigenvalue weighted by Crippen LogP contribution is -2.64. The molecule has 2 fully saturated rings. The van der Waals surface area contributed by atoms with E-state index in [9.17, 15) is 4.79 Å². The van der Waals surface area contributed by atoms with Crippen LogP contribution in [-0.2, 0) is 22.5 Å². The lowest BCUT2D eigenvalue weighted by Gasteiger charge is -2.49. The number of hydrogen-bond acceptors (Lipinski definition) is 6. The molecule has 2 aromatic rings. The molecule has 1 spiro atoms. The maximum absolute atomic E-state index is 12.6. The molecule has 1 saturated carbocycles. The summed E-state index contributed by atoms with van der Waals surface area (Å²) in [6.45, 7) is 5.56. The molecule has 2 atom stereocenters. The zero-order valence-corrected chi connectivity index (χ0v) is 17.4. The van der Waals surface area contributed by atoms with Crippen molar-refractivity contribution in [3.8, 4) is 0 Å². The van der Waals surface area contributed by atoms with Crippen molar-refractivity contribution in [1.82, 2.24) is 15.2 Å². The van der Waals surface area contributed by atoms with Crippen LogP contribution in [0.1, 0.15) is 41.1 Å². The zero-order chi connectivity index (χ0) is 18.7. The smallest absolute Gasteiger partial charge is 0.225 e. The number of hydrogen-bond donors (Lipinski definition) is 1. The minimum Gasteiger partial charge on any atom is -0.370 e. The molecule has 1 saturated heterocycles. The highest BCUT2D eigenvalue weighted by Crippen LogP contribution is 2.35. The molecule has 2 unspecified atom stereocenters. The summed E-state index contributed by atoms with van der Waals surface area (Å²) in [5.74, 6) is 0.114. The molecule has 27 heavy (non-hydrogen) atoms. The third kappa shape index (κ3) is 4.42. The fourth-order valence-electron chi connectivity index (χ4n) is 4.29. The van der Waals surface area contributed by atoms with Crippen LogP contribution in [0.4, 0.5) is 0 Å². The zero-order valence-electron chi connectivity index (χ0n) is 15.8. The third-order valence-electron chi connectivity index (χ3n) is 5.73. The lowest BCUT2D eigenvalue weighted by molar-refractivity contribution is -0.151. The van der Waals surface area contributed by atoms with Gasteiger partial charge in [0.1, 0.15) is 5.60 Å². The van der Waals surface area contributed by atoms with Gasteiger partial charge in [0.2, 0.25) is 5.91 Å². The number of thiophene rings is 1. The first-order valence-electron chi connectivity index (χ1n) is 9.72. The average molecular weight is 406 g/mol. The van der Waals surface area contributed by atoms with Gasteiger partial charge in [-0.15, -0.1) is 22.7 Å². The summed E-state index contributed by atoms with van der Waals surface area (Å²) >= 11 is 3.37. The van der Waals surface area contributed by atoms with E-state index in [1.807, 2.05) is 23.0 Å². The number of ether oxygens (including phenoxy) is 1. The molecule has 4 rings (SSSR count). The Labute approximate surface area is 168 Å². The summed E-state index contributed by atoms with van der Waals surface area (Å²) in [5, 5.41) is 5.34. The second kappa shape index (κ2) is 8.39. The van der Waals surface area contributed by atoms with Crippen molar-refractivity contribution in [3.05, 3.63) is 38.5 Å². The van der Waals surface area contributed by atoms with E-state index in [0.29, 0.717) is 6.42 Å². The molecule has 0 aromatic carbocycles. The maximum atomic E-state index is 12.6. The molecule has 2 aromatic heterocycles. The number of nitrogens with zero attached hydrogens (tertiary/aromatic N) is 2. The Kier molecular flexibility index (Phi) is 5.92. The van der Waals surface area contributed by atoms with Crippen LogP contribution in [0.15, 0.2) is 23.0 Å². The van der Waals surface area contributed by atoms with Crippen LogP contribution < -0.4 is 5.32 Å². The number of nitrogens with one attached hydrogen (secondary N) is 1. The van der Waals surface area contributed by atoms with Gasteiger partial charge in [-0.05, 0) is 31.2 Å². The van der Waals surface area contributed by atoms with Gasteiger partial charge in [0, 0.05) is 29.4 Å². The van der Waals surface area contributed by atoms with Crippen molar-refractivity contribution in [2.45, 2.75) is 57.2 Å². The van der Waals surface area contributed by atoms with Gasteiger partial charge >= 0.3 is 0 Å². The Morgan fingerprint density at radius 1 is 1.44 bits per heavy atom. The first kappa shape index (κ1) is 19.1. The van der Waals surface area contributed by atoms with E-state index in [-0.39, 0.29) is 17.6 Å². The van der Waals surface area contributed by atoms with Gasteiger partial charge in [0.15, 0.2) is 0 Å². The van der Waals surface area contributed by atoms with Gasteiger partial charge in [-0.3, -0.25) is 9.69 Å². The normalized spacial score (nSPS) is 26.3. The molecule has 3 heterocycles. The van der Waals surface area contributed by atoms with E-state index in [2.05, 4.69) is 22.1 Å². The number of rotatable bonds is 5. The van der Waals surface area contributed by atoms with Crippen molar-refractivity contribution in [1.29, 1.82) is 0 Å². The van der Waals surface area contributed by atoms with E-state index in [4.69, 9.17) is 4.74 Å². The number of morpholine rings is 1. The quantitative estimate of drug-likeness (QED) is 0.829. The first-order valence-corrected chi connectivity index (χ1v) is 11.5. The van der Waals surface area contributed by atoms with Crippen LogP contribution in [0, 0.1) is 6.92 Å². The first-order chi connectivity index (χ1) is 13.1. The van der Waals surface area contributed by atoms with Crippen molar-refractivity contribution < 1.29 is 9.53 Å². The summed E-state index contributed by atoms with van der Waals surface area (Å²) in [4.78, 5) is 21.9. The van der Waals surface area contributed by atoms with E-state index in [1.165, 1.54) is 11.3 Å². The van der Waals surface area contributed by atoms with Crippen LogP contribution in [0.2, 0.25) is 0 Å². The van der Waals surface area contributed by atoms with Gasteiger partial charge in [-0.25, -0.2) is 4.98 Å². The van der Waals surface area contributed by atoms with Gasteiger partial charge in [-0.1, -0.05) is 18.9 Å². The molecule has 2 aliphatic rings. The van der Waals surface area contributed by atoms with Crippen LogP contribution >= 0.6 is 22.7 Å². The van der Waals surface area contributed by atoms with Crippen LogP contribution in [0.3, 0.4) is 0 Å². The maximum Gasteiger partial charge on any atom is 0.225 e. The molecule has 1 aliphatic carbocycles. The topological polar surface area (TPSA) is 54.5 Å². The molecule has 1 N–H and O–H groups in total. The average Bonchev–Trinajstić information content (AvgIpc) is 3.30. The predicted octanol–water partition coefficient (Wildman–Crippen LogP) is 3.39. The van der Waals surface area contributed by atoms with Gasteiger partial charge < -0.3 is 10.1 Å². The van der Waals surface area contributed by atoms with Crippen LogP contribution in [-0.4, -0.2) is 47.1 Å². The summed E-state index contributed by atoms with van der Waals surface area (Å²) in [6.07, 6.45) is 4.82. The molecule has 1 aliphatic heterocycles. The van der Waals surface area contributed by atoms with Gasteiger partial charge in [-0.2, -0.15) is 0 Å². The lowest BCUT2D eigenvalue weighted by atomic mass is 9.78. The second-order valence-electron chi connectivity index (χ2n) is 7.61. The van der Waals surface area contributed by atoms with E-state index >= 15 is 0 Å². The van der Waals surface area contributed by atoms with Gasteiger partial charge in [0.25, 0.3) is 0 Å². The third-order valence-corrected chi connectivity index (χ3v) is 7.52. The highest BCUT2D eigenvalue weighted by atomic mass is 32.1. The molecule has 0 bridgehead atoms. The predicted molar refractivity (Wildman–Crippen MR) is 109 cm³/mol. The standard InChI is InChI=1S/C20H27N3O2S2/c1-15-17(27-14-21-15)12-23-8-9-25-20(13-23)7-3-2-6-18(20)22-19(24)11-16-5-4-10-26-16/h4-5,10,14,18H,2-3,6-9,11-13H2,1H3,(H,22,24). The van der Waals surface area contributed by atoms with E-state index in [1.54, 1.807) is 22.7 Å². The molecular weight excluding hydrogens is 378 g/mol. The molecule has 146 valence electrons. The van der Waals surface area contributed by atoms with Crippen LogP contribution in [0.25, 0.3) is 0 Å². The number of carbonyl (C=O) groups is 1. The highest BCUT2D eigenvalue weighted by molar-refractivity contribution is 7.10. The largest absolute Gasteiger partial charge is 0.370 e. The van der Waals surface area contributed by atoms with E-state index < -0.39 is 0 Å². The van der Waals surface area contributed by atoms with Crippen molar-refractivity contribution >= 4 is 28.6 Å². The molecule has 7 heteroatoms. The fourth-order valence-corrected chi connectivity index (χ4v) is 5.81. The van der Waals surface area contributed by atoms with Crippen molar-refractivity contribution in [3.63, 3.8) is 0 Å². The Morgan fingerprint density at radius 2 is 2.37 bits per heavy atom. The Bertz CT molecular complexity index is 757. The van der Waals surface area contributed by atoms with Gasteiger partial charge in [0.05, 0.1) is 30.3 Å². The van der Waals surface area contributed by atoms with Crippen LogP contribution in [0.5, 0.6) is 0 Å². The van der Waals surface area contributed by atoms with Crippen molar-refractivity contribution in [2.75, 3.05) is 19.7 Å². The molecular formula is C20H27N3O2S2. The molecule has 1 amide bonds. The summed E-state index contributed by atoms with van der Waals surface area (Å²) in [5.41, 5.74) is 2.81. The number of aryl methyl sites for hydroxylation is 1.